The quantitative estimate of drug-likeness (QED) is 0.579. The number of aromatic nitrogens is 2. The van der Waals surface area contributed by atoms with Crippen LogP contribution in [0.1, 0.15) is 11.6 Å². The summed E-state index contributed by atoms with van der Waals surface area (Å²) < 4.78 is 53.4. The first-order valence-electron chi connectivity index (χ1n) is 10.1. The maximum absolute atomic E-state index is 12.8. The lowest BCUT2D eigenvalue weighted by Gasteiger charge is -2.35. The van der Waals surface area contributed by atoms with Crippen LogP contribution in [-0.4, -0.2) is 56.0 Å². The van der Waals surface area contributed by atoms with Crippen molar-refractivity contribution in [2.75, 3.05) is 38.8 Å². The Hall–Kier alpha value is -3.60. The summed E-state index contributed by atoms with van der Waals surface area (Å²) in [5.41, 5.74) is 1.31. The number of fused-ring (bicyclic) bond motifs is 1. The van der Waals surface area contributed by atoms with Gasteiger partial charge in [0, 0.05) is 37.1 Å². The monoisotopic (exact) mass is 462 g/mol. The number of hydrogen-bond acceptors (Lipinski definition) is 8. The van der Waals surface area contributed by atoms with E-state index >= 15 is 0 Å². The lowest BCUT2D eigenvalue weighted by molar-refractivity contribution is -0.190. The second-order valence-corrected chi connectivity index (χ2v) is 7.30. The van der Waals surface area contributed by atoms with Crippen LogP contribution in [0.5, 0.6) is 17.5 Å². The topological polar surface area (TPSA) is 85.8 Å². The van der Waals surface area contributed by atoms with E-state index in [4.69, 9.17) is 9.47 Å². The average Bonchev–Trinajstić information content (AvgIpc) is 2.82. The van der Waals surface area contributed by atoms with Gasteiger partial charge in [-0.05, 0) is 11.6 Å². The van der Waals surface area contributed by atoms with Crippen molar-refractivity contribution >= 4 is 22.7 Å². The molecule has 0 bridgehead atoms. The van der Waals surface area contributed by atoms with Gasteiger partial charge in [0.15, 0.2) is 11.5 Å². The van der Waals surface area contributed by atoms with Crippen LogP contribution in [0.15, 0.2) is 42.5 Å². The van der Waals surface area contributed by atoms with E-state index in [-0.39, 0.29) is 11.6 Å². The molecule has 0 aliphatic carbocycles. The van der Waals surface area contributed by atoms with Gasteiger partial charge in [0.2, 0.25) is 0 Å². The van der Waals surface area contributed by atoms with E-state index in [1.165, 1.54) is 20.3 Å². The molecule has 2 heterocycles. The fourth-order valence-electron chi connectivity index (χ4n) is 3.70. The summed E-state index contributed by atoms with van der Waals surface area (Å²) in [5.74, 6) is -1.33. The van der Waals surface area contributed by atoms with Crippen LogP contribution in [-0.2, 0) is 4.79 Å². The number of nitrogens with zero attached hydrogens (tertiary/aromatic N) is 3. The van der Waals surface area contributed by atoms with Crippen LogP contribution >= 0.6 is 0 Å². The lowest BCUT2D eigenvalue weighted by Crippen LogP contribution is -2.46. The van der Waals surface area contributed by atoms with Crippen molar-refractivity contribution in [2.24, 2.45) is 0 Å². The van der Waals surface area contributed by atoms with Gasteiger partial charge in [-0.2, -0.15) is 23.1 Å². The number of methoxy groups -OCH3 is 2. The highest BCUT2D eigenvalue weighted by Crippen LogP contribution is 2.37. The molecule has 0 spiro atoms. The van der Waals surface area contributed by atoms with Gasteiger partial charge in [-0.15, -0.1) is 0 Å². The largest absolute Gasteiger partial charge is 0.493 e. The number of halogens is 3. The number of rotatable bonds is 5. The van der Waals surface area contributed by atoms with Crippen LogP contribution in [0.2, 0.25) is 0 Å². The summed E-state index contributed by atoms with van der Waals surface area (Å²) >= 11 is 0. The second-order valence-electron chi connectivity index (χ2n) is 7.30. The Balaban J connectivity index is 1.79. The van der Waals surface area contributed by atoms with E-state index < -0.39 is 18.2 Å². The van der Waals surface area contributed by atoms with Crippen molar-refractivity contribution in [3.05, 3.63) is 48.0 Å². The minimum absolute atomic E-state index is 0.0358. The van der Waals surface area contributed by atoms with E-state index in [0.717, 1.165) is 5.56 Å². The van der Waals surface area contributed by atoms with Crippen LogP contribution in [0, 0.1) is 0 Å². The lowest BCUT2D eigenvalue weighted by atomic mass is 10.0. The molecule has 0 saturated carbocycles. The van der Waals surface area contributed by atoms with E-state index in [2.05, 4.69) is 20.0 Å². The van der Waals surface area contributed by atoms with E-state index in [1.54, 1.807) is 6.07 Å². The van der Waals surface area contributed by atoms with Crippen LogP contribution in [0.25, 0.3) is 10.9 Å². The van der Waals surface area contributed by atoms with Gasteiger partial charge in [-0.3, -0.25) is 0 Å². The molecular weight excluding hydrogens is 441 g/mol. The molecule has 1 atom stereocenters. The standard InChI is InChI=1S/C22H21F3N4O4/c1-31-17-10-14-15(11-18(17)32-2)27-21(33-20(30)22(23,24)25)28-19(14)29-9-8-26-16(12-29)13-6-4-3-5-7-13/h3-7,10-11,16,26H,8-9,12H2,1-2H3. The summed E-state index contributed by atoms with van der Waals surface area (Å²) in [7, 11) is 2.90. The van der Waals surface area contributed by atoms with Crippen LogP contribution < -0.4 is 24.4 Å². The summed E-state index contributed by atoms with van der Waals surface area (Å²) in [6.45, 7) is 1.61. The maximum atomic E-state index is 12.8. The predicted octanol–water partition coefficient (Wildman–Crippen LogP) is 3.27. The molecule has 1 aromatic heterocycles. The Morgan fingerprint density at radius 2 is 1.79 bits per heavy atom. The molecule has 1 aliphatic rings. The zero-order valence-electron chi connectivity index (χ0n) is 17.8. The molecule has 3 aromatic rings. The smallest absolute Gasteiger partial charge is 0.491 e. The highest BCUT2D eigenvalue weighted by molar-refractivity contribution is 5.93. The van der Waals surface area contributed by atoms with Gasteiger partial charge in [0.25, 0.3) is 0 Å². The highest BCUT2D eigenvalue weighted by atomic mass is 19.4. The molecule has 2 aromatic carbocycles. The van der Waals surface area contributed by atoms with Crippen molar-refractivity contribution in [1.82, 2.24) is 15.3 Å². The number of carbonyl (C=O) groups is 1. The fraction of sp³-hybridized carbons (Fsp3) is 0.318. The molecule has 33 heavy (non-hydrogen) atoms. The first kappa shape index (κ1) is 22.6. The van der Waals surface area contributed by atoms with Gasteiger partial charge < -0.3 is 24.4 Å². The molecule has 0 radical (unpaired) electrons. The van der Waals surface area contributed by atoms with Crippen LogP contribution in [0.4, 0.5) is 19.0 Å². The maximum Gasteiger partial charge on any atom is 0.491 e. The molecule has 0 amide bonds. The van der Waals surface area contributed by atoms with Crippen molar-refractivity contribution in [1.29, 1.82) is 0 Å². The molecule has 1 aliphatic heterocycles. The van der Waals surface area contributed by atoms with Gasteiger partial charge in [0.05, 0.1) is 19.7 Å². The van der Waals surface area contributed by atoms with Crippen molar-refractivity contribution in [3.8, 4) is 17.5 Å². The highest BCUT2D eigenvalue weighted by Gasteiger charge is 2.42. The normalized spacial score (nSPS) is 16.5. The van der Waals surface area contributed by atoms with Gasteiger partial charge >= 0.3 is 18.2 Å². The Kier molecular flexibility index (Phi) is 6.23. The summed E-state index contributed by atoms with van der Waals surface area (Å²) in [5, 5.41) is 3.95. The van der Waals surface area contributed by atoms with E-state index in [9.17, 15) is 18.0 Å². The summed E-state index contributed by atoms with van der Waals surface area (Å²) in [4.78, 5) is 21.5. The number of piperazine rings is 1. The predicted molar refractivity (Wildman–Crippen MR) is 114 cm³/mol. The molecule has 1 N–H and O–H groups in total. The SMILES string of the molecule is COc1cc2nc(OC(=O)C(F)(F)F)nc(N3CCNC(c4ccccc4)C3)c2cc1OC. The first-order chi connectivity index (χ1) is 15.8. The number of anilines is 1. The number of esters is 1. The summed E-state index contributed by atoms with van der Waals surface area (Å²) in [6, 6.07) is 12.2. The van der Waals surface area contributed by atoms with Gasteiger partial charge in [-0.25, -0.2) is 4.79 Å². The Labute approximate surface area is 187 Å². The first-order valence-corrected chi connectivity index (χ1v) is 10.1. The number of alkyl halides is 3. The molecular formula is C22H21F3N4O4. The van der Waals surface area contributed by atoms with Gasteiger partial charge in [-0.1, -0.05) is 30.3 Å². The number of nitrogens with one attached hydrogen (secondary N) is 1. The molecule has 8 nitrogen and oxygen atoms in total. The molecule has 1 unspecified atom stereocenters. The third kappa shape index (κ3) is 4.77. The second kappa shape index (κ2) is 9.10. The Bertz CT molecular complexity index is 1160. The summed E-state index contributed by atoms with van der Waals surface area (Å²) in [6.07, 6.45) is -5.18. The number of ether oxygens (including phenoxy) is 3. The molecule has 174 valence electrons. The minimum atomic E-state index is -5.18. The zero-order chi connectivity index (χ0) is 23.6. The minimum Gasteiger partial charge on any atom is -0.493 e. The molecule has 1 saturated heterocycles. The third-order valence-corrected chi connectivity index (χ3v) is 5.25. The number of benzene rings is 2. The molecule has 11 heteroatoms. The van der Waals surface area contributed by atoms with Crippen LogP contribution in [0.3, 0.4) is 0 Å². The number of carbonyl (C=O) groups excluding carboxylic acids is 1. The fourth-order valence-corrected chi connectivity index (χ4v) is 3.70. The van der Waals surface area contributed by atoms with E-state index in [1.807, 2.05) is 35.2 Å². The molecule has 1 fully saturated rings. The van der Waals surface area contributed by atoms with E-state index in [0.29, 0.717) is 42.3 Å². The Morgan fingerprint density at radius 1 is 1.09 bits per heavy atom. The van der Waals surface area contributed by atoms with Gasteiger partial charge in [0.1, 0.15) is 5.82 Å². The Morgan fingerprint density at radius 3 is 2.45 bits per heavy atom. The van der Waals surface area contributed by atoms with Crippen molar-refractivity contribution in [2.45, 2.75) is 12.2 Å². The number of hydrogen-bond donors (Lipinski definition) is 1. The zero-order valence-corrected chi connectivity index (χ0v) is 17.8. The molecule has 4 rings (SSSR count). The van der Waals surface area contributed by atoms with Crippen molar-refractivity contribution in [3.63, 3.8) is 0 Å². The average molecular weight is 462 g/mol. The van der Waals surface area contributed by atoms with Crippen molar-refractivity contribution < 1.29 is 32.2 Å². The third-order valence-electron chi connectivity index (χ3n) is 5.25.